The predicted octanol–water partition coefficient (Wildman–Crippen LogP) is 2.25. The van der Waals surface area contributed by atoms with Crippen LogP contribution in [0.15, 0.2) is 33.9 Å². The second kappa shape index (κ2) is 5.01. The van der Waals surface area contributed by atoms with Crippen LogP contribution in [0, 0.1) is 12.7 Å². The molecule has 6 heteroatoms. The van der Waals surface area contributed by atoms with E-state index >= 15 is 0 Å². The summed E-state index contributed by atoms with van der Waals surface area (Å²) in [6, 6.07) is 5.20. The fourth-order valence-corrected chi connectivity index (χ4v) is 2.04. The Kier molecular flexibility index (Phi) is 3.57. The smallest absolute Gasteiger partial charge is 0.297 e. The topological polar surface area (TPSA) is 54.9 Å². The minimum absolute atomic E-state index is 0.0256. The Morgan fingerprint density at radius 3 is 2.68 bits per heavy atom. The predicted molar refractivity (Wildman–Crippen MR) is 71.3 cm³/mol. The summed E-state index contributed by atoms with van der Waals surface area (Å²) in [5.74, 6) is -0.417. The highest BCUT2D eigenvalue weighted by molar-refractivity contribution is 6.30. The Balaban J connectivity index is 2.63. The molecule has 1 N–H and O–H groups in total. The van der Waals surface area contributed by atoms with Gasteiger partial charge in [-0.1, -0.05) is 23.7 Å². The molecular weight excluding hydrogens is 271 g/mol. The Labute approximate surface area is 113 Å². The molecule has 100 valence electrons. The van der Waals surface area contributed by atoms with Gasteiger partial charge in [0.2, 0.25) is 0 Å². The molecule has 2 rings (SSSR count). The van der Waals surface area contributed by atoms with Crippen LogP contribution in [0.3, 0.4) is 0 Å². The number of nitrogens with zero attached hydrogens (tertiary/aromatic N) is 1. The summed E-state index contributed by atoms with van der Waals surface area (Å²) in [6.07, 6.45) is 0. The van der Waals surface area contributed by atoms with Gasteiger partial charge in [-0.2, -0.15) is 0 Å². The van der Waals surface area contributed by atoms with E-state index in [4.69, 9.17) is 11.6 Å². The second-order valence-electron chi connectivity index (χ2n) is 4.28. The fraction of sp³-hybridized carbons (Fsp3) is 0.231. The lowest BCUT2D eigenvalue weighted by atomic mass is 10.1. The molecule has 0 radical (unpaired) electrons. The van der Waals surface area contributed by atoms with E-state index in [1.54, 1.807) is 13.0 Å². The van der Waals surface area contributed by atoms with Crippen molar-refractivity contribution in [2.24, 2.45) is 0 Å². The first-order valence-electron chi connectivity index (χ1n) is 5.68. The maximum absolute atomic E-state index is 13.2. The number of halogens is 2. The van der Waals surface area contributed by atoms with E-state index in [9.17, 15) is 14.0 Å². The van der Waals surface area contributed by atoms with Crippen molar-refractivity contribution in [1.29, 1.82) is 0 Å². The zero-order valence-corrected chi connectivity index (χ0v) is 11.2. The van der Waals surface area contributed by atoms with E-state index in [2.05, 4.69) is 4.98 Å². The van der Waals surface area contributed by atoms with Gasteiger partial charge in [-0.05, 0) is 31.5 Å². The summed E-state index contributed by atoms with van der Waals surface area (Å²) in [5.41, 5.74) is -0.304. The van der Waals surface area contributed by atoms with E-state index in [0.29, 0.717) is 5.56 Å². The SMILES string of the molecule is Cc1c(Cl)[nH]c(=O)n(C(C)c2cccc(F)c2)c1=O. The monoisotopic (exact) mass is 282 g/mol. The van der Waals surface area contributed by atoms with E-state index in [-0.39, 0.29) is 10.7 Å². The van der Waals surface area contributed by atoms with Gasteiger partial charge in [0.15, 0.2) is 0 Å². The zero-order chi connectivity index (χ0) is 14.2. The van der Waals surface area contributed by atoms with Crippen LogP contribution in [-0.2, 0) is 0 Å². The number of nitrogens with one attached hydrogen (secondary N) is 1. The van der Waals surface area contributed by atoms with Crippen LogP contribution in [0.1, 0.15) is 24.1 Å². The molecule has 0 spiro atoms. The van der Waals surface area contributed by atoms with Crippen molar-refractivity contribution in [3.63, 3.8) is 0 Å². The molecular formula is C13H12ClFN2O2. The van der Waals surface area contributed by atoms with Crippen molar-refractivity contribution in [2.45, 2.75) is 19.9 Å². The van der Waals surface area contributed by atoms with Gasteiger partial charge in [0.25, 0.3) is 5.56 Å². The van der Waals surface area contributed by atoms with Crippen molar-refractivity contribution in [3.8, 4) is 0 Å². The Hall–Kier alpha value is -1.88. The molecule has 0 bridgehead atoms. The molecule has 0 aliphatic heterocycles. The minimum atomic E-state index is -0.614. The zero-order valence-electron chi connectivity index (χ0n) is 10.4. The van der Waals surface area contributed by atoms with Gasteiger partial charge in [0.05, 0.1) is 6.04 Å². The molecule has 0 amide bonds. The molecule has 1 heterocycles. The van der Waals surface area contributed by atoms with E-state index in [1.165, 1.54) is 25.1 Å². The van der Waals surface area contributed by atoms with Crippen molar-refractivity contribution in [1.82, 2.24) is 9.55 Å². The van der Waals surface area contributed by atoms with Crippen molar-refractivity contribution in [3.05, 3.63) is 67.2 Å². The van der Waals surface area contributed by atoms with Gasteiger partial charge in [-0.3, -0.25) is 14.3 Å². The lowest BCUT2D eigenvalue weighted by Crippen LogP contribution is -2.38. The summed E-state index contributed by atoms with van der Waals surface area (Å²) in [5, 5.41) is 0.0256. The molecule has 19 heavy (non-hydrogen) atoms. The average Bonchev–Trinajstić information content (AvgIpc) is 2.36. The van der Waals surface area contributed by atoms with Gasteiger partial charge in [-0.25, -0.2) is 9.18 Å². The van der Waals surface area contributed by atoms with Gasteiger partial charge in [0, 0.05) is 5.56 Å². The molecule has 0 aliphatic carbocycles. The van der Waals surface area contributed by atoms with Crippen LogP contribution in [-0.4, -0.2) is 9.55 Å². The molecule has 4 nitrogen and oxygen atoms in total. The molecule has 1 unspecified atom stereocenters. The number of aromatic amines is 1. The Morgan fingerprint density at radius 1 is 1.37 bits per heavy atom. The van der Waals surface area contributed by atoms with Crippen LogP contribution >= 0.6 is 11.6 Å². The molecule has 1 aromatic heterocycles. The summed E-state index contributed by atoms with van der Waals surface area (Å²) < 4.78 is 14.2. The van der Waals surface area contributed by atoms with Crippen LogP contribution in [0.2, 0.25) is 5.15 Å². The highest BCUT2D eigenvalue weighted by Crippen LogP contribution is 2.16. The maximum atomic E-state index is 13.2. The van der Waals surface area contributed by atoms with Crippen molar-refractivity contribution in [2.75, 3.05) is 0 Å². The maximum Gasteiger partial charge on any atom is 0.330 e. The molecule has 0 saturated heterocycles. The normalized spacial score (nSPS) is 12.4. The number of benzene rings is 1. The summed E-state index contributed by atoms with van der Waals surface area (Å²) in [7, 11) is 0. The number of hydrogen-bond acceptors (Lipinski definition) is 2. The summed E-state index contributed by atoms with van der Waals surface area (Å²) >= 11 is 5.74. The number of H-pyrrole nitrogens is 1. The van der Waals surface area contributed by atoms with E-state index < -0.39 is 23.1 Å². The average molecular weight is 283 g/mol. The summed E-state index contributed by atoms with van der Waals surface area (Å²) in [4.78, 5) is 26.3. The standard InChI is InChI=1S/C13H12ClFN2O2/c1-7-11(14)16-13(19)17(12(7)18)8(2)9-4-3-5-10(15)6-9/h3-6,8H,1-2H3,(H,16,19). The first-order chi connectivity index (χ1) is 8.91. The van der Waals surface area contributed by atoms with Crippen LogP contribution < -0.4 is 11.2 Å². The fourth-order valence-electron chi connectivity index (χ4n) is 1.88. The molecule has 0 fully saturated rings. The first kappa shape index (κ1) is 13.5. The third-order valence-electron chi connectivity index (χ3n) is 3.02. The quantitative estimate of drug-likeness (QED) is 0.859. The Bertz CT molecular complexity index is 736. The summed E-state index contributed by atoms with van der Waals surface area (Å²) in [6.45, 7) is 3.17. The first-order valence-corrected chi connectivity index (χ1v) is 6.06. The Morgan fingerprint density at radius 2 is 2.05 bits per heavy atom. The van der Waals surface area contributed by atoms with Crippen LogP contribution in [0.25, 0.3) is 0 Å². The molecule has 0 saturated carbocycles. The van der Waals surface area contributed by atoms with Gasteiger partial charge in [0.1, 0.15) is 11.0 Å². The molecule has 1 aromatic carbocycles. The number of aromatic nitrogens is 2. The van der Waals surface area contributed by atoms with Gasteiger partial charge >= 0.3 is 5.69 Å². The third-order valence-corrected chi connectivity index (χ3v) is 3.40. The highest BCUT2D eigenvalue weighted by Gasteiger charge is 2.16. The van der Waals surface area contributed by atoms with E-state index in [0.717, 1.165) is 4.57 Å². The number of rotatable bonds is 2. The lowest BCUT2D eigenvalue weighted by Gasteiger charge is -2.15. The minimum Gasteiger partial charge on any atom is -0.297 e. The highest BCUT2D eigenvalue weighted by atomic mass is 35.5. The van der Waals surface area contributed by atoms with Crippen LogP contribution in [0.4, 0.5) is 4.39 Å². The van der Waals surface area contributed by atoms with Crippen molar-refractivity contribution < 1.29 is 4.39 Å². The number of hydrogen-bond donors (Lipinski definition) is 1. The van der Waals surface area contributed by atoms with Gasteiger partial charge in [-0.15, -0.1) is 0 Å². The second-order valence-corrected chi connectivity index (χ2v) is 4.65. The largest absolute Gasteiger partial charge is 0.330 e. The molecule has 2 aromatic rings. The van der Waals surface area contributed by atoms with Crippen LogP contribution in [0.5, 0.6) is 0 Å². The van der Waals surface area contributed by atoms with E-state index in [1.807, 2.05) is 0 Å². The molecule has 1 atom stereocenters. The third kappa shape index (κ3) is 2.46. The lowest BCUT2D eigenvalue weighted by molar-refractivity contribution is 0.564. The molecule has 0 aliphatic rings. The van der Waals surface area contributed by atoms with Crippen molar-refractivity contribution >= 4 is 11.6 Å². The van der Waals surface area contributed by atoms with Gasteiger partial charge < -0.3 is 0 Å².